The minimum atomic E-state index is -0.592. The first-order valence-electron chi connectivity index (χ1n) is 4.65. The van der Waals surface area contributed by atoms with E-state index in [0.717, 1.165) is 0 Å². The number of rotatable bonds is 2. The SMILES string of the molecule is CC(=O)c1ccc(OC(=O)N(C)C)c(O)c1. The number of nitrogens with zero attached hydrogens (tertiary/aromatic N) is 1. The summed E-state index contributed by atoms with van der Waals surface area (Å²) in [6, 6.07) is 4.13. The second kappa shape index (κ2) is 4.65. The van der Waals surface area contributed by atoms with E-state index in [1.165, 1.54) is 44.1 Å². The number of benzene rings is 1. The molecule has 0 aliphatic rings. The number of Topliss-reactive ketones (excluding diaryl/α,β-unsaturated/α-hetero) is 1. The summed E-state index contributed by atoms with van der Waals surface area (Å²) in [6.45, 7) is 1.39. The summed E-state index contributed by atoms with van der Waals surface area (Å²) in [6.07, 6.45) is -0.592. The Hall–Kier alpha value is -2.04. The third-order valence-electron chi connectivity index (χ3n) is 1.93. The highest BCUT2D eigenvalue weighted by Crippen LogP contribution is 2.27. The Bertz CT molecular complexity index is 426. The molecule has 0 bridgehead atoms. The lowest BCUT2D eigenvalue weighted by Gasteiger charge is -2.11. The number of carbonyl (C=O) groups is 2. The third kappa shape index (κ3) is 2.73. The van der Waals surface area contributed by atoms with E-state index in [0.29, 0.717) is 5.56 Å². The molecular weight excluding hydrogens is 210 g/mol. The fraction of sp³-hybridized carbons (Fsp3) is 0.273. The van der Waals surface area contributed by atoms with Crippen molar-refractivity contribution in [2.24, 2.45) is 0 Å². The second-order valence-electron chi connectivity index (χ2n) is 3.50. The zero-order valence-electron chi connectivity index (χ0n) is 9.35. The lowest BCUT2D eigenvalue weighted by Crippen LogP contribution is -2.25. The molecule has 0 aromatic heterocycles. The molecule has 16 heavy (non-hydrogen) atoms. The minimum absolute atomic E-state index is 0.0312. The maximum Gasteiger partial charge on any atom is 0.414 e. The summed E-state index contributed by atoms with van der Waals surface area (Å²) in [5.74, 6) is -0.368. The predicted molar refractivity (Wildman–Crippen MR) is 57.8 cm³/mol. The van der Waals surface area contributed by atoms with Gasteiger partial charge in [0.05, 0.1) is 0 Å². The molecule has 5 nitrogen and oxygen atoms in total. The molecule has 1 aromatic carbocycles. The van der Waals surface area contributed by atoms with Gasteiger partial charge in [0.15, 0.2) is 17.3 Å². The first-order chi connectivity index (χ1) is 7.41. The van der Waals surface area contributed by atoms with Crippen LogP contribution >= 0.6 is 0 Å². The molecule has 0 aliphatic heterocycles. The van der Waals surface area contributed by atoms with Crippen molar-refractivity contribution in [2.75, 3.05) is 14.1 Å². The number of phenols is 1. The number of hydrogen-bond donors (Lipinski definition) is 1. The van der Waals surface area contributed by atoms with Crippen LogP contribution in [0.2, 0.25) is 0 Å². The zero-order chi connectivity index (χ0) is 12.3. The summed E-state index contributed by atoms with van der Waals surface area (Å²) in [5, 5.41) is 9.52. The molecule has 5 heteroatoms. The molecule has 0 spiro atoms. The highest BCUT2D eigenvalue weighted by molar-refractivity contribution is 5.94. The average Bonchev–Trinajstić information content (AvgIpc) is 2.20. The molecule has 1 aromatic rings. The number of carbonyl (C=O) groups excluding carboxylic acids is 2. The van der Waals surface area contributed by atoms with Gasteiger partial charge >= 0.3 is 6.09 Å². The monoisotopic (exact) mass is 223 g/mol. The molecule has 0 radical (unpaired) electrons. The fourth-order valence-electron chi connectivity index (χ4n) is 1.01. The van der Waals surface area contributed by atoms with Crippen LogP contribution in [0.5, 0.6) is 11.5 Å². The van der Waals surface area contributed by atoms with Crippen molar-refractivity contribution in [3.8, 4) is 11.5 Å². The molecule has 0 unspecified atom stereocenters. The van der Waals surface area contributed by atoms with E-state index >= 15 is 0 Å². The number of ether oxygens (including phenoxy) is 1. The summed E-state index contributed by atoms with van der Waals surface area (Å²) in [5.41, 5.74) is 0.363. The van der Waals surface area contributed by atoms with Crippen molar-refractivity contribution in [2.45, 2.75) is 6.92 Å². The van der Waals surface area contributed by atoms with E-state index < -0.39 is 6.09 Å². The number of hydrogen-bond acceptors (Lipinski definition) is 4. The van der Waals surface area contributed by atoms with E-state index in [1.54, 1.807) is 0 Å². The van der Waals surface area contributed by atoms with Gasteiger partial charge in [0.1, 0.15) is 0 Å². The summed E-state index contributed by atoms with van der Waals surface area (Å²) < 4.78 is 4.87. The smallest absolute Gasteiger partial charge is 0.414 e. The maximum atomic E-state index is 11.2. The van der Waals surface area contributed by atoms with E-state index in [1.807, 2.05) is 0 Å². The van der Waals surface area contributed by atoms with Crippen molar-refractivity contribution in [3.63, 3.8) is 0 Å². The van der Waals surface area contributed by atoms with E-state index in [2.05, 4.69) is 0 Å². The van der Waals surface area contributed by atoms with Crippen LogP contribution in [0.1, 0.15) is 17.3 Å². The van der Waals surface area contributed by atoms with Gasteiger partial charge in [-0.15, -0.1) is 0 Å². The number of phenolic OH excluding ortho intramolecular Hbond substituents is 1. The van der Waals surface area contributed by atoms with Crippen LogP contribution in [0.25, 0.3) is 0 Å². The van der Waals surface area contributed by atoms with E-state index in [9.17, 15) is 14.7 Å². The topological polar surface area (TPSA) is 66.8 Å². The van der Waals surface area contributed by atoms with Gasteiger partial charge in [0.25, 0.3) is 0 Å². The summed E-state index contributed by atoms with van der Waals surface area (Å²) in [7, 11) is 3.06. The van der Waals surface area contributed by atoms with Gasteiger partial charge in [-0.3, -0.25) is 4.79 Å². The molecule has 0 saturated carbocycles. The minimum Gasteiger partial charge on any atom is -0.504 e. The second-order valence-corrected chi connectivity index (χ2v) is 3.50. The molecule has 0 heterocycles. The van der Waals surface area contributed by atoms with Gasteiger partial charge < -0.3 is 14.7 Å². The van der Waals surface area contributed by atoms with E-state index in [4.69, 9.17) is 4.74 Å². The van der Waals surface area contributed by atoms with Crippen molar-refractivity contribution < 1.29 is 19.4 Å². The fourth-order valence-corrected chi connectivity index (χ4v) is 1.01. The quantitative estimate of drug-likeness (QED) is 0.774. The van der Waals surface area contributed by atoms with Crippen LogP contribution in [0.4, 0.5) is 4.79 Å². The number of ketones is 1. The Kier molecular flexibility index (Phi) is 3.50. The van der Waals surface area contributed by atoms with Crippen molar-refractivity contribution >= 4 is 11.9 Å². The predicted octanol–water partition coefficient (Wildman–Crippen LogP) is 1.66. The molecule has 0 saturated heterocycles. The Morgan fingerprint density at radius 2 is 1.94 bits per heavy atom. The largest absolute Gasteiger partial charge is 0.504 e. The molecule has 1 rings (SSSR count). The highest BCUT2D eigenvalue weighted by atomic mass is 16.6. The molecular formula is C11H13NO4. The van der Waals surface area contributed by atoms with Gasteiger partial charge in [-0.2, -0.15) is 0 Å². The van der Waals surface area contributed by atoms with Gasteiger partial charge in [-0.1, -0.05) is 0 Å². The number of amides is 1. The van der Waals surface area contributed by atoms with Crippen molar-refractivity contribution in [3.05, 3.63) is 23.8 Å². The lowest BCUT2D eigenvalue weighted by molar-refractivity contribution is 0.101. The Morgan fingerprint density at radius 3 is 2.38 bits per heavy atom. The average molecular weight is 223 g/mol. The molecule has 0 atom stereocenters. The Morgan fingerprint density at radius 1 is 1.31 bits per heavy atom. The first-order valence-corrected chi connectivity index (χ1v) is 4.65. The first kappa shape index (κ1) is 12.0. The standard InChI is InChI=1S/C11H13NO4/c1-7(13)8-4-5-10(9(14)6-8)16-11(15)12(2)3/h4-6,14H,1-3H3. The third-order valence-corrected chi connectivity index (χ3v) is 1.93. The van der Waals surface area contributed by atoms with Crippen LogP contribution in [0, 0.1) is 0 Å². The van der Waals surface area contributed by atoms with Gasteiger partial charge in [0.2, 0.25) is 0 Å². The van der Waals surface area contributed by atoms with Crippen LogP contribution in [0.3, 0.4) is 0 Å². The molecule has 1 amide bonds. The molecule has 1 N–H and O–H groups in total. The zero-order valence-corrected chi connectivity index (χ0v) is 9.35. The Balaban J connectivity index is 2.91. The van der Waals surface area contributed by atoms with E-state index in [-0.39, 0.29) is 17.3 Å². The summed E-state index contributed by atoms with van der Waals surface area (Å²) >= 11 is 0. The maximum absolute atomic E-state index is 11.2. The van der Waals surface area contributed by atoms with Crippen LogP contribution in [0.15, 0.2) is 18.2 Å². The van der Waals surface area contributed by atoms with Crippen LogP contribution in [-0.2, 0) is 0 Å². The van der Waals surface area contributed by atoms with Crippen molar-refractivity contribution in [1.82, 2.24) is 4.90 Å². The lowest BCUT2D eigenvalue weighted by atomic mass is 10.1. The van der Waals surface area contributed by atoms with Crippen molar-refractivity contribution in [1.29, 1.82) is 0 Å². The van der Waals surface area contributed by atoms with Crippen LogP contribution < -0.4 is 4.74 Å². The van der Waals surface area contributed by atoms with Crippen LogP contribution in [-0.4, -0.2) is 36.0 Å². The summed E-state index contributed by atoms with van der Waals surface area (Å²) in [4.78, 5) is 23.5. The normalized spacial score (nSPS) is 9.69. The number of aromatic hydroxyl groups is 1. The molecule has 86 valence electrons. The van der Waals surface area contributed by atoms with Gasteiger partial charge in [-0.05, 0) is 25.1 Å². The van der Waals surface area contributed by atoms with Gasteiger partial charge in [-0.25, -0.2) is 4.79 Å². The molecule has 0 fully saturated rings. The van der Waals surface area contributed by atoms with Gasteiger partial charge in [0, 0.05) is 19.7 Å². The Labute approximate surface area is 93.2 Å². The molecule has 0 aliphatic carbocycles. The highest BCUT2D eigenvalue weighted by Gasteiger charge is 2.11.